The molecule has 0 fully saturated rings. The number of aliphatic imine (C=N–C) groups is 1. The molecule has 25 heavy (non-hydrogen) atoms. The van der Waals surface area contributed by atoms with Crippen molar-refractivity contribution in [1.82, 2.24) is 10.6 Å². The second-order valence-electron chi connectivity index (χ2n) is 5.45. The summed E-state index contributed by atoms with van der Waals surface area (Å²) in [5.74, 6) is -0.488. The fraction of sp³-hybridized carbons (Fsp3) is 0.611. The Morgan fingerprint density at radius 1 is 1.00 bits per heavy atom. The lowest BCUT2D eigenvalue weighted by atomic mass is 10.1. The first kappa shape index (κ1) is 21.3. The lowest BCUT2D eigenvalue weighted by molar-refractivity contribution is 0.0487. The van der Waals surface area contributed by atoms with Crippen molar-refractivity contribution in [3.63, 3.8) is 0 Å². The van der Waals surface area contributed by atoms with Crippen molar-refractivity contribution in [1.29, 1.82) is 0 Å². The summed E-state index contributed by atoms with van der Waals surface area (Å²) in [5, 5.41) is 6.10. The third-order valence-corrected chi connectivity index (χ3v) is 3.51. The number of halogens is 2. The van der Waals surface area contributed by atoms with Gasteiger partial charge in [0.25, 0.3) is 0 Å². The topological polar surface area (TPSA) is 54.9 Å². The first-order valence-electron chi connectivity index (χ1n) is 8.72. The highest BCUT2D eigenvalue weighted by Gasteiger charge is 2.08. The third kappa shape index (κ3) is 9.36. The van der Waals surface area contributed by atoms with Gasteiger partial charge in [0.2, 0.25) is 0 Å². The van der Waals surface area contributed by atoms with Crippen LogP contribution in [0.15, 0.2) is 23.2 Å². The van der Waals surface area contributed by atoms with Crippen molar-refractivity contribution in [2.45, 2.75) is 26.2 Å². The molecule has 0 aliphatic carbocycles. The number of hydrogen-bond acceptors (Lipinski definition) is 3. The smallest absolute Gasteiger partial charge is 0.191 e. The summed E-state index contributed by atoms with van der Waals surface area (Å²) in [6, 6.07) is 3.88. The average molecular weight is 357 g/mol. The van der Waals surface area contributed by atoms with Crippen LogP contribution in [0, 0.1) is 11.6 Å². The Labute approximate surface area is 148 Å². The molecule has 5 nitrogen and oxygen atoms in total. The van der Waals surface area contributed by atoms with Crippen LogP contribution in [0.5, 0.6) is 0 Å². The minimum atomic E-state index is -0.528. The highest BCUT2D eigenvalue weighted by atomic mass is 19.1. The zero-order valence-corrected chi connectivity index (χ0v) is 15.1. The molecular formula is C18H29F2N3O2. The van der Waals surface area contributed by atoms with Gasteiger partial charge in [-0.3, -0.25) is 4.99 Å². The Balaban J connectivity index is 2.11. The van der Waals surface area contributed by atoms with Gasteiger partial charge in [-0.15, -0.1) is 0 Å². The SMILES string of the molecule is CCCCOCCOCCNC(=NC)NCCc1c(F)cccc1F. The number of unbranched alkanes of at least 4 members (excludes halogenated alkanes) is 1. The summed E-state index contributed by atoms with van der Waals surface area (Å²) in [4.78, 5) is 4.06. The summed E-state index contributed by atoms with van der Waals surface area (Å²) in [5.41, 5.74) is 0.0804. The summed E-state index contributed by atoms with van der Waals surface area (Å²) in [6.45, 7) is 5.55. The van der Waals surface area contributed by atoms with Crippen molar-refractivity contribution >= 4 is 5.96 Å². The van der Waals surface area contributed by atoms with E-state index in [0.717, 1.165) is 19.4 Å². The van der Waals surface area contributed by atoms with Crippen molar-refractivity contribution in [3.8, 4) is 0 Å². The van der Waals surface area contributed by atoms with E-state index >= 15 is 0 Å². The second-order valence-corrected chi connectivity index (χ2v) is 5.45. The molecule has 0 radical (unpaired) electrons. The van der Waals surface area contributed by atoms with E-state index in [1.165, 1.54) is 18.2 Å². The van der Waals surface area contributed by atoms with E-state index in [2.05, 4.69) is 22.5 Å². The molecule has 1 aromatic rings. The summed E-state index contributed by atoms with van der Waals surface area (Å²) >= 11 is 0. The van der Waals surface area contributed by atoms with Crippen LogP contribution in [0.25, 0.3) is 0 Å². The number of guanidine groups is 1. The van der Waals surface area contributed by atoms with Gasteiger partial charge in [0.05, 0.1) is 19.8 Å². The first-order valence-corrected chi connectivity index (χ1v) is 8.72. The molecule has 0 aliphatic rings. The molecule has 0 bridgehead atoms. The molecule has 0 spiro atoms. The molecule has 142 valence electrons. The molecule has 0 amide bonds. The van der Waals surface area contributed by atoms with Gasteiger partial charge in [-0.25, -0.2) is 8.78 Å². The van der Waals surface area contributed by atoms with Crippen LogP contribution < -0.4 is 10.6 Å². The van der Waals surface area contributed by atoms with E-state index in [1.54, 1.807) is 7.05 Å². The molecular weight excluding hydrogens is 328 g/mol. The molecule has 0 aromatic heterocycles. The molecule has 0 saturated carbocycles. The van der Waals surface area contributed by atoms with Crippen LogP contribution in [0.3, 0.4) is 0 Å². The van der Waals surface area contributed by atoms with Gasteiger partial charge < -0.3 is 20.1 Å². The number of nitrogens with one attached hydrogen (secondary N) is 2. The van der Waals surface area contributed by atoms with Crippen LogP contribution in [-0.2, 0) is 15.9 Å². The third-order valence-electron chi connectivity index (χ3n) is 3.51. The Kier molecular flexibility index (Phi) is 11.6. The van der Waals surface area contributed by atoms with E-state index in [0.29, 0.717) is 38.9 Å². The molecule has 1 rings (SSSR count). The number of ether oxygens (including phenoxy) is 2. The summed E-state index contributed by atoms with van der Waals surface area (Å²) in [6.07, 6.45) is 2.44. The fourth-order valence-electron chi connectivity index (χ4n) is 2.11. The zero-order chi connectivity index (χ0) is 18.3. The Morgan fingerprint density at radius 2 is 1.64 bits per heavy atom. The second kappa shape index (κ2) is 13.5. The summed E-state index contributed by atoms with van der Waals surface area (Å²) < 4.78 is 37.9. The van der Waals surface area contributed by atoms with Gasteiger partial charge >= 0.3 is 0 Å². The van der Waals surface area contributed by atoms with Gasteiger partial charge in [-0.05, 0) is 25.0 Å². The molecule has 1 aromatic carbocycles. The highest BCUT2D eigenvalue weighted by molar-refractivity contribution is 5.79. The molecule has 2 N–H and O–H groups in total. The van der Waals surface area contributed by atoms with Gasteiger partial charge in [0.1, 0.15) is 11.6 Å². The minimum absolute atomic E-state index is 0.0804. The van der Waals surface area contributed by atoms with Crippen molar-refractivity contribution in [2.24, 2.45) is 4.99 Å². The molecule has 0 aliphatic heterocycles. The first-order chi connectivity index (χ1) is 12.2. The van der Waals surface area contributed by atoms with E-state index < -0.39 is 11.6 Å². The molecule has 7 heteroatoms. The number of nitrogens with zero attached hydrogens (tertiary/aromatic N) is 1. The number of hydrogen-bond donors (Lipinski definition) is 2. The van der Waals surface area contributed by atoms with Crippen LogP contribution in [0.2, 0.25) is 0 Å². The van der Waals surface area contributed by atoms with E-state index in [1.807, 2.05) is 0 Å². The quantitative estimate of drug-likeness (QED) is 0.343. The van der Waals surface area contributed by atoms with Crippen molar-refractivity contribution in [3.05, 3.63) is 35.4 Å². The Morgan fingerprint density at radius 3 is 2.28 bits per heavy atom. The van der Waals surface area contributed by atoms with Crippen LogP contribution in [0.4, 0.5) is 8.78 Å². The molecule has 0 heterocycles. The van der Waals surface area contributed by atoms with Crippen LogP contribution >= 0.6 is 0 Å². The standard InChI is InChI=1S/C18H29F2N3O2/c1-3-4-11-24-13-14-25-12-10-23-18(21-2)22-9-8-15-16(19)6-5-7-17(15)20/h5-7H,3-4,8-14H2,1-2H3,(H2,21,22,23). The van der Waals surface area contributed by atoms with E-state index in [4.69, 9.17) is 9.47 Å². The predicted octanol–water partition coefficient (Wildman–Crippen LogP) is 2.51. The molecule has 0 unspecified atom stereocenters. The summed E-state index contributed by atoms with van der Waals surface area (Å²) in [7, 11) is 1.64. The largest absolute Gasteiger partial charge is 0.379 e. The molecule has 0 atom stereocenters. The number of benzene rings is 1. The molecule has 0 saturated heterocycles. The minimum Gasteiger partial charge on any atom is -0.379 e. The maximum absolute atomic E-state index is 13.5. The van der Waals surface area contributed by atoms with Gasteiger partial charge in [-0.2, -0.15) is 0 Å². The normalized spacial score (nSPS) is 11.6. The number of rotatable bonds is 12. The van der Waals surface area contributed by atoms with E-state index in [9.17, 15) is 8.78 Å². The zero-order valence-electron chi connectivity index (χ0n) is 15.1. The lowest BCUT2D eigenvalue weighted by Gasteiger charge is -2.12. The van der Waals surface area contributed by atoms with Crippen molar-refractivity contribution < 1.29 is 18.3 Å². The van der Waals surface area contributed by atoms with Crippen molar-refractivity contribution in [2.75, 3.05) is 46.6 Å². The van der Waals surface area contributed by atoms with E-state index in [-0.39, 0.29) is 12.0 Å². The van der Waals surface area contributed by atoms with Gasteiger partial charge in [0.15, 0.2) is 5.96 Å². The Bertz CT molecular complexity index is 493. The fourth-order valence-corrected chi connectivity index (χ4v) is 2.11. The van der Waals surface area contributed by atoms with Crippen LogP contribution in [-0.4, -0.2) is 52.5 Å². The maximum Gasteiger partial charge on any atom is 0.191 e. The van der Waals surface area contributed by atoms with Gasteiger partial charge in [0, 0.05) is 32.3 Å². The predicted molar refractivity (Wildman–Crippen MR) is 96.0 cm³/mol. The maximum atomic E-state index is 13.5. The highest BCUT2D eigenvalue weighted by Crippen LogP contribution is 2.11. The monoisotopic (exact) mass is 357 g/mol. The Hall–Kier alpha value is -1.73. The van der Waals surface area contributed by atoms with Gasteiger partial charge in [-0.1, -0.05) is 19.4 Å². The van der Waals surface area contributed by atoms with Crippen LogP contribution in [0.1, 0.15) is 25.3 Å². The lowest BCUT2D eigenvalue weighted by Crippen LogP contribution is -2.40. The average Bonchev–Trinajstić information content (AvgIpc) is 2.61.